The Labute approximate surface area is 192 Å². The summed E-state index contributed by atoms with van der Waals surface area (Å²) in [6.45, 7) is 0.575. The highest BCUT2D eigenvalue weighted by Crippen LogP contribution is 2.38. The van der Waals surface area contributed by atoms with Crippen LogP contribution in [0.2, 0.25) is 0 Å². The summed E-state index contributed by atoms with van der Waals surface area (Å²) < 4.78 is 68.6. The molecular formula is C19H21F3N6O5S. The zero-order valence-corrected chi connectivity index (χ0v) is 18.6. The Morgan fingerprint density at radius 1 is 1.18 bits per heavy atom. The number of halogens is 3. The van der Waals surface area contributed by atoms with Crippen LogP contribution in [0.3, 0.4) is 0 Å². The van der Waals surface area contributed by atoms with Gasteiger partial charge in [0, 0.05) is 43.6 Å². The number of piperazine rings is 1. The number of H-pyrrole nitrogens is 1. The second-order valence-corrected chi connectivity index (χ2v) is 8.91. The standard InChI is InChI=1S/C19H21F3N6O5S/c1-34(31,32)33-28(18(23)24)16(29)12-4-5-15(13(11-12)19(20,21)22)26-7-9-27(10-8-26)17(30)14-3-2-6-25-14/h2-6,11,25H,7-10H2,1H3,(H3,23,24). The Balaban J connectivity index is 1.85. The van der Waals surface area contributed by atoms with Crippen molar-refractivity contribution in [3.63, 3.8) is 0 Å². The van der Waals surface area contributed by atoms with E-state index in [1.807, 2.05) is 0 Å². The van der Waals surface area contributed by atoms with E-state index in [9.17, 15) is 31.2 Å². The topological polar surface area (TPSA) is 153 Å². The molecule has 2 aromatic rings. The molecule has 1 aliphatic heterocycles. The van der Waals surface area contributed by atoms with Crippen LogP contribution in [-0.4, -0.2) is 73.6 Å². The number of rotatable bonds is 5. The maximum Gasteiger partial charge on any atom is 0.418 e. The summed E-state index contributed by atoms with van der Waals surface area (Å²) in [7, 11) is -4.29. The number of carbonyl (C=O) groups is 2. The van der Waals surface area contributed by atoms with Gasteiger partial charge >= 0.3 is 6.18 Å². The first-order valence-electron chi connectivity index (χ1n) is 9.75. The van der Waals surface area contributed by atoms with Crippen LogP contribution in [-0.2, 0) is 20.6 Å². The Hall–Kier alpha value is -3.59. The highest BCUT2D eigenvalue weighted by molar-refractivity contribution is 7.85. The smallest absolute Gasteiger partial charge is 0.368 e. The molecule has 0 radical (unpaired) electrons. The fraction of sp³-hybridized carbons (Fsp3) is 0.316. The van der Waals surface area contributed by atoms with Gasteiger partial charge in [-0.3, -0.25) is 15.0 Å². The summed E-state index contributed by atoms with van der Waals surface area (Å²) in [6, 6.07) is 5.91. The van der Waals surface area contributed by atoms with Crippen LogP contribution >= 0.6 is 0 Å². The maximum absolute atomic E-state index is 13.9. The zero-order chi connectivity index (χ0) is 25.3. The Bertz CT molecular complexity index is 1190. The molecule has 2 heterocycles. The van der Waals surface area contributed by atoms with Crippen LogP contribution in [0.25, 0.3) is 0 Å². The molecule has 15 heteroatoms. The van der Waals surface area contributed by atoms with E-state index < -0.39 is 39.3 Å². The summed E-state index contributed by atoms with van der Waals surface area (Å²) in [5.41, 5.74) is 3.58. The maximum atomic E-state index is 13.9. The molecule has 1 aromatic heterocycles. The number of aromatic amines is 1. The molecular weight excluding hydrogens is 481 g/mol. The number of anilines is 1. The number of hydrogen-bond acceptors (Lipinski definition) is 7. The Morgan fingerprint density at radius 2 is 1.82 bits per heavy atom. The minimum atomic E-state index is -4.86. The molecule has 11 nitrogen and oxygen atoms in total. The molecule has 0 unspecified atom stereocenters. The van der Waals surface area contributed by atoms with E-state index in [1.54, 1.807) is 18.3 Å². The molecule has 0 atom stereocenters. The highest BCUT2D eigenvalue weighted by atomic mass is 32.2. The van der Waals surface area contributed by atoms with Crippen LogP contribution in [0.4, 0.5) is 18.9 Å². The van der Waals surface area contributed by atoms with E-state index in [0.29, 0.717) is 18.0 Å². The number of guanidine groups is 1. The molecule has 0 aliphatic carbocycles. The monoisotopic (exact) mass is 502 g/mol. The Morgan fingerprint density at radius 3 is 2.32 bits per heavy atom. The third-order valence-electron chi connectivity index (χ3n) is 4.90. The lowest BCUT2D eigenvalue weighted by Crippen LogP contribution is -2.49. The first kappa shape index (κ1) is 25.0. The van der Waals surface area contributed by atoms with Crippen molar-refractivity contribution in [3.8, 4) is 0 Å². The highest BCUT2D eigenvalue weighted by Gasteiger charge is 2.37. The van der Waals surface area contributed by atoms with Crippen molar-refractivity contribution in [2.24, 2.45) is 5.73 Å². The third-order valence-corrected chi connectivity index (χ3v) is 5.32. The molecule has 34 heavy (non-hydrogen) atoms. The summed E-state index contributed by atoms with van der Waals surface area (Å²) in [5, 5.41) is 7.21. The average molecular weight is 502 g/mol. The quantitative estimate of drug-likeness (QED) is 0.316. The van der Waals surface area contributed by atoms with Gasteiger partial charge in [-0.05, 0) is 30.3 Å². The van der Waals surface area contributed by atoms with E-state index in [1.165, 1.54) is 9.80 Å². The number of carbonyl (C=O) groups excluding carboxylic acids is 2. The molecule has 3 rings (SSSR count). The normalized spacial score (nSPS) is 14.7. The number of nitrogens with two attached hydrogens (primary N) is 1. The third kappa shape index (κ3) is 5.66. The number of amides is 2. The zero-order valence-electron chi connectivity index (χ0n) is 17.8. The average Bonchev–Trinajstić information content (AvgIpc) is 3.30. The fourth-order valence-corrected chi connectivity index (χ4v) is 3.81. The van der Waals surface area contributed by atoms with E-state index >= 15 is 0 Å². The number of nitrogens with one attached hydrogen (secondary N) is 2. The molecule has 0 saturated carbocycles. The van der Waals surface area contributed by atoms with Crippen LogP contribution in [0.15, 0.2) is 36.5 Å². The molecule has 1 aliphatic rings. The van der Waals surface area contributed by atoms with Crippen molar-refractivity contribution >= 4 is 33.6 Å². The Kier molecular flexibility index (Phi) is 6.88. The predicted molar refractivity (Wildman–Crippen MR) is 114 cm³/mol. The van der Waals surface area contributed by atoms with Crippen molar-refractivity contribution in [1.82, 2.24) is 14.9 Å². The predicted octanol–water partition coefficient (Wildman–Crippen LogP) is 1.22. The number of nitrogens with zero attached hydrogens (tertiary/aromatic N) is 3. The van der Waals surface area contributed by atoms with Crippen molar-refractivity contribution in [3.05, 3.63) is 53.3 Å². The van der Waals surface area contributed by atoms with Crippen molar-refractivity contribution in [2.75, 3.05) is 37.3 Å². The first-order valence-corrected chi connectivity index (χ1v) is 11.6. The van der Waals surface area contributed by atoms with E-state index in [4.69, 9.17) is 11.1 Å². The summed E-state index contributed by atoms with van der Waals surface area (Å²) in [4.78, 5) is 30.7. The largest absolute Gasteiger partial charge is 0.418 e. The van der Waals surface area contributed by atoms with Gasteiger partial charge in [0.25, 0.3) is 21.9 Å². The van der Waals surface area contributed by atoms with Gasteiger partial charge in [0.05, 0.1) is 11.8 Å². The summed E-state index contributed by atoms with van der Waals surface area (Å²) in [5.74, 6) is -2.76. The first-order chi connectivity index (χ1) is 15.8. The van der Waals surface area contributed by atoms with E-state index in [0.717, 1.165) is 12.1 Å². The van der Waals surface area contributed by atoms with Crippen LogP contribution in [0.5, 0.6) is 0 Å². The van der Waals surface area contributed by atoms with Gasteiger partial charge in [-0.25, -0.2) is 0 Å². The van der Waals surface area contributed by atoms with Crippen molar-refractivity contribution in [1.29, 1.82) is 5.41 Å². The molecule has 1 aromatic carbocycles. The number of aromatic nitrogens is 1. The lowest BCUT2D eigenvalue weighted by Gasteiger charge is -2.37. The van der Waals surface area contributed by atoms with Crippen LogP contribution in [0, 0.1) is 5.41 Å². The molecule has 1 saturated heterocycles. The number of benzene rings is 1. The number of hydrogen-bond donors (Lipinski definition) is 3. The lowest BCUT2D eigenvalue weighted by molar-refractivity contribution is -0.137. The van der Waals surface area contributed by atoms with Gasteiger partial charge in [-0.15, -0.1) is 9.35 Å². The summed E-state index contributed by atoms with van der Waals surface area (Å²) in [6.07, 6.45) is -2.68. The summed E-state index contributed by atoms with van der Waals surface area (Å²) >= 11 is 0. The number of hydroxylamine groups is 2. The van der Waals surface area contributed by atoms with Crippen LogP contribution in [0.1, 0.15) is 26.4 Å². The molecule has 184 valence electrons. The van der Waals surface area contributed by atoms with E-state index in [2.05, 4.69) is 9.27 Å². The second kappa shape index (κ2) is 9.34. The van der Waals surface area contributed by atoms with Crippen molar-refractivity contribution in [2.45, 2.75) is 6.18 Å². The van der Waals surface area contributed by atoms with E-state index in [-0.39, 0.29) is 42.8 Å². The molecule has 1 fully saturated rings. The van der Waals surface area contributed by atoms with Crippen LogP contribution < -0.4 is 10.6 Å². The second-order valence-electron chi connectivity index (χ2n) is 7.36. The SMILES string of the molecule is CS(=O)(=O)ON(C(=N)N)C(=O)c1ccc(N2CCN(C(=O)c3ccc[nH]3)CC2)c(C(F)(F)F)c1. The number of alkyl halides is 3. The lowest BCUT2D eigenvalue weighted by atomic mass is 10.1. The molecule has 0 bridgehead atoms. The molecule has 2 amide bonds. The van der Waals surface area contributed by atoms with Gasteiger partial charge in [-0.1, -0.05) is 0 Å². The van der Waals surface area contributed by atoms with Gasteiger partial charge in [0.2, 0.25) is 5.96 Å². The molecule has 0 spiro atoms. The van der Waals surface area contributed by atoms with Gasteiger partial charge < -0.3 is 20.5 Å². The van der Waals surface area contributed by atoms with Crippen molar-refractivity contribution < 1.29 is 35.5 Å². The fourth-order valence-electron chi connectivity index (χ4n) is 3.39. The van der Waals surface area contributed by atoms with Gasteiger partial charge in [-0.2, -0.15) is 21.6 Å². The van der Waals surface area contributed by atoms with Gasteiger partial charge in [0.15, 0.2) is 0 Å². The minimum absolute atomic E-state index is 0.111. The minimum Gasteiger partial charge on any atom is -0.368 e. The molecule has 4 N–H and O–H groups in total. The van der Waals surface area contributed by atoms with Gasteiger partial charge in [0.1, 0.15) is 5.69 Å².